The highest BCUT2D eigenvalue weighted by molar-refractivity contribution is 7.18. The van der Waals surface area contributed by atoms with Crippen molar-refractivity contribution in [1.82, 2.24) is 0 Å². The molecule has 106 valence electrons. The van der Waals surface area contributed by atoms with E-state index in [-0.39, 0.29) is 0 Å². The van der Waals surface area contributed by atoms with Crippen LogP contribution in [0, 0.1) is 0 Å². The number of carbonyl (C=O) groups is 1. The minimum absolute atomic E-state index is 0.292. The fraction of sp³-hybridized carbons (Fsp3) is 0.167. The van der Waals surface area contributed by atoms with Gasteiger partial charge in [0, 0.05) is 15.6 Å². The van der Waals surface area contributed by atoms with Crippen LogP contribution < -0.4 is 0 Å². The molecule has 0 saturated carbocycles. The summed E-state index contributed by atoms with van der Waals surface area (Å²) in [5, 5.41) is 3.66. The number of rotatable bonds is 3. The zero-order valence-corrected chi connectivity index (χ0v) is 14.3. The van der Waals surface area contributed by atoms with Gasteiger partial charge in [0.25, 0.3) is 0 Å². The van der Waals surface area contributed by atoms with E-state index in [1.54, 1.807) is 17.4 Å². The Hall–Kier alpha value is -1.71. The zero-order chi connectivity index (χ0) is 15.0. The summed E-state index contributed by atoms with van der Waals surface area (Å²) in [7, 11) is -1.75. The van der Waals surface area contributed by atoms with E-state index in [2.05, 4.69) is 55.4 Å². The van der Waals surface area contributed by atoms with Crippen LogP contribution in [-0.4, -0.2) is 13.5 Å². The number of hydrogen-bond acceptors (Lipinski definition) is 2. The van der Waals surface area contributed by atoms with Crippen LogP contribution in [0.2, 0.25) is 19.6 Å². The average Bonchev–Trinajstić information content (AvgIpc) is 2.89. The van der Waals surface area contributed by atoms with E-state index in [1.807, 2.05) is 12.1 Å². The third-order valence-electron chi connectivity index (χ3n) is 3.67. The number of fused-ring (bicyclic) bond motifs is 3. The van der Waals surface area contributed by atoms with Crippen LogP contribution in [0.3, 0.4) is 0 Å². The first kappa shape index (κ1) is 14.2. The van der Waals surface area contributed by atoms with Gasteiger partial charge in [0.1, 0.15) is 13.5 Å². The highest BCUT2D eigenvalue weighted by Gasteiger charge is 2.22. The van der Waals surface area contributed by atoms with Crippen molar-refractivity contribution in [3.05, 3.63) is 53.4 Å². The smallest absolute Gasteiger partial charge is 0.132 e. The Labute approximate surface area is 130 Å². The van der Waals surface area contributed by atoms with E-state index in [4.69, 9.17) is 0 Å². The molecule has 0 saturated heterocycles. The van der Waals surface area contributed by atoms with E-state index in [0.29, 0.717) is 5.41 Å². The molecule has 1 aromatic heterocycles. The van der Waals surface area contributed by atoms with Crippen molar-refractivity contribution in [2.75, 3.05) is 0 Å². The van der Waals surface area contributed by atoms with Crippen molar-refractivity contribution in [3.63, 3.8) is 0 Å². The maximum Gasteiger partial charge on any atom is 0.132 e. The monoisotopic (exact) mass is 310 g/mol. The molecule has 0 aromatic carbocycles. The SMILES string of the molecule is C[Si](C)(C)C(=O)/C=C/c1c2cccccc-2c2sccc12. The Balaban J connectivity index is 2.16. The Morgan fingerprint density at radius 3 is 2.48 bits per heavy atom. The fourth-order valence-electron chi connectivity index (χ4n) is 2.44. The van der Waals surface area contributed by atoms with Crippen molar-refractivity contribution >= 4 is 41.0 Å². The number of thiophene rings is 1. The lowest BCUT2D eigenvalue weighted by Gasteiger charge is -2.09. The van der Waals surface area contributed by atoms with Gasteiger partial charge >= 0.3 is 0 Å². The van der Waals surface area contributed by atoms with Crippen molar-refractivity contribution in [2.24, 2.45) is 0 Å². The first-order valence-electron chi connectivity index (χ1n) is 7.09. The van der Waals surface area contributed by atoms with Crippen molar-refractivity contribution < 1.29 is 4.79 Å². The van der Waals surface area contributed by atoms with Gasteiger partial charge in [-0.15, -0.1) is 11.3 Å². The minimum Gasteiger partial charge on any atom is -0.301 e. The van der Waals surface area contributed by atoms with E-state index in [0.717, 1.165) is 0 Å². The number of carbonyl (C=O) groups excluding carboxylic acids is 1. The molecule has 0 radical (unpaired) electrons. The van der Waals surface area contributed by atoms with Gasteiger partial charge in [0.2, 0.25) is 0 Å². The summed E-state index contributed by atoms with van der Waals surface area (Å²) in [6.07, 6.45) is 3.79. The largest absolute Gasteiger partial charge is 0.301 e. The molecule has 0 bridgehead atoms. The molecule has 0 atom stereocenters. The van der Waals surface area contributed by atoms with Crippen LogP contribution >= 0.6 is 11.3 Å². The molecule has 0 amide bonds. The lowest BCUT2D eigenvalue weighted by Crippen LogP contribution is -2.31. The molecule has 0 aliphatic heterocycles. The fourth-order valence-corrected chi connectivity index (χ4v) is 3.98. The Kier molecular flexibility index (Phi) is 3.55. The van der Waals surface area contributed by atoms with Crippen molar-refractivity contribution in [1.29, 1.82) is 0 Å². The molecule has 2 aliphatic rings. The summed E-state index contributed by atoms with van der Waals surface area (Å²) in [6, 6.07) is 12.6. The molecule has 1 aromatic rings. The molecule has 0 N–H and O–H groups in total. The predicted molar refractivity (Wildman–Crippen MR) is 95.8 cm³/mol. The average molecular weight is 310 g/mol. The van der Waals surface area contributed by atoms with Gasteiger partial charge in [-0.3, -0.25) is 0 Å². The van der Waals surface area contributed by atoms with Crippen LogP contribution in [0.5, 0.6) is 0 Å². The molecule has 0 unspecified atom stereocenters. The first-order chi connectivity index (χ1) is 9.98. The molecule has 0 fully saturated rings. The van der Waals surface area contributed by atoms with Crippen LogP contribution in [0.15, 0.2) is 47.9 Å². The summed E-state index contributed by atoms with van der Waals surface area (Å²) < 4.78 is 1.31. The Morgan fingerprint density at radius 1 is 1.05 bits per heavy atom. The van der Waals surface area contributed by atoms with Crippen molar-refractivity contribution in [3.8, 4) is 11.1 Å². The van der Waals surface area contributed by atoms with Gasteiger partial charge in [-0.25, -0.2) is 0 Å². The van der Waals surface area contributed by atoms with E-state index < -0.39 is 8.07 Å². The lowest BCUT2D eigenvalue weighted by atomic mass is 10.1. The maximum absolute atomic E-state index is 12.2. The molecule has 21 heavy (non-hydrogen) atoms. The molecule has 3 rings (SSSR count). The molecule has 1 heterocycles. The van der Waals surface area contributed by atoms with Crippen LogP contribution in [-0.2, 0) is 4.79 Å². The molecule has 0 spiro atoms. The predicted octanol–water partition coefficient (Wildman–Crippen LogP) is 5.47. The quantitative estimate of drug-likeness (QED) is 0.463. The maximum atomic E-state index is 12.2. The second-order valence-corrected chi connectivity index (χ2v) is 12.2. The first-order valence-corrected chi connectivity index (χ1v) is 11.5. The normalized spacial score (nSPS) is 12.5. The van der Waals surface area contributed by atoms with Crippen LogP contribution in [0.25, 0.3) is 27.3 Å². The molecule has 2 aliphatic carbocycles. The van der Waals surface area contributed by atoms with Gasteiger partial charge in [-0.05, 0) is 28.6 Å². The van der Waals surface area contributed by atoms with Gasteiger partial charge in [-0.1, -0.05) is 56.0 Å². The highest BCUT2D eigenvalue weighted by Crippen LogP contribution is 2.42. The summed E-state index contributed by atoms with van der Waals surface area (Å²) in [5.41, 5.74) is 3.66. The number of hydrogen-bond donors (Lipinski definition) is 0. The van der Waals surface area contributed by atoms with Crippen LogP contribution in [0.4, 0.5) is 0 Å². The minimum atomic E-state index is -1.75. The molecule has 1 nitrogen and oxygen atoms in total. The lowest BCUT2D eigenvalue weighted by molar-refractivity contribution is -0.108. The Morgan fingerprint density at radius 2 is 1.76 bits per heavy atom. The van der Waals surface area contributed by atoms with Gasteiger partial charge in [0.15, 0.2) is 0 Å². The standard InChI is InChI=1S/C18H18OSSi/c1-21(2,3)17(19)10-9-14-13-7-5-4-6-8-15(13)18-16(14)11-12-20-18/h4-12H,1-3H3/b10-9+. The zero-order valence-electron chi connectivity index (χ0n) is 12.5. The second kappa shape index (κ2) is 5.24. The highest BCUT2D eigenvalue weighted by atomic mass is 32.1. The topological polar surface area (TPSA) is 17.1 Å². The van der Waals surface area contributed by atoms with E-state index >= 15 is 0 Å². The van der Waals surface area contributed by atoms with Gasteiger partial charge < -0.3 is 4.79 Å². The summed E-state index contributed by atoms with van der Waals surface area (Å²) in [6.45, 7) is 6.26. The van der Waals surface area contributed by atoms with Crippen LogP contribution in [0.1, 0.15) is 5.56 Å². The molecular weight excluding hydrogens is 292 g/mol. The van der Waals surface area contributed by atoms with E-state index in [9.17, 15) is 4.79 Å². The number of allylic oxidation sites excluding steroid dienone is 1. The summed E-state index contributed by atoms with van der Waals surface area (Å²) in [5.74, 6) is 0. The van der Waals surface area contributed by atoms with Crippen molar-refractivity contribution in [2.45, 2.75) is 19.6 Å². The van der Waals surface area contributed by atoms with E-state index in [1.165, 1.54) is 26.8 Å². The second-order valence-electron chi connectivity index (χ2n) is 6.26. The molecular formula is C18H18OSSi. The Bertz CT molecular complexity index is 808. The summed E-state index contributed by atoms with van der Waals surface area (Å²) in [4.78, 5) is 12.2. The van der Waals surface area contributed by atoms with Gasteiger partial charge in [-0.2, -0.15) is 0 Å². The third-order valence-corrected chi connectivity index (χ3v) is 6.26. The summed E-state index contributed by atoms with van der Waals surface area (Å²) >= 11 is 1.76. The molecule has 3 heteroatoms. The van der Waals surface area contributed by atoms with Gasteiger partial charge in [0.05, 0.1) is 0 Å². The third kappa shape index (κ3) is 2.59.